The molecule has 0 amide bonds. The molecule has 1 fully saturated rings. The van der Waals surface area contributed by atoms with Gasteiger partial charge in [0.15, 0.2) is 0 Å². The molecule has 1 rings (SSSR count). The molecule has 0 aliphatic carbocycles. The van der Waals surface area contributed by atoms with E-state index in [1.165, 1.54) is 0 Å². The molecule has 1 nitrogen and oxygen atoms in total. The summed E-state index contributed by atoms with van der Waals surface area (Å²) >= 11 is 5.66. The maximum absolute atomic E-state index is 5.66. The van der Waals surface area contributed by atoms with Crippen molar-refractivity contribution in [1.29, 1.82) is 0 Å². The number of rotatable bonds is 0. The van der Waals surface area contributed by atoms with Crippen molar-refractivity contribution >= 4 is 11.6 Å². The summed E-state index contributed by atoms with van der Waals surface area (Å²) < 4.78 is 0. The molecule has 2 unspecified atom stereocenters. The van der Waals surface area contributed by atoms with Gasteiger partial charge in [0.25, 0.3) is 0 Å². The van der Waals surface area contributed by atoms with Gasteiger partial charge in [-0.05, 0) is 14.0 Å². The summed E-state index contributed by atoms with van der Waals surface area (Å²) in [5.41, 5.74) is 0.190. The van der Waals surface area contributed by atoms with Crippen LogP contribution in [0, 0.1) is 6.42 Å². The molecule has 1 heterocycles. The molecule has 0 aromatic carbocycles. The number of alkyl halides is 1. The van der Waals surface area contributed by atoms with E-state index in [-0.39, 0.29) is 5.50 Å². The first-order valence-corrected chi connectivity index (χ1v) is 2.86. The predicted octanol–water partition coefficient (Wildman–Crippen LogP) is 1.09. The van der Waals surface area contributed by atoms with Gasteiger partial charge in [-0.2, -0.15) is 0 Å². The molecule has 1 saturated heterocycles. The van der Waals surface area contributed by atoms with Gasteiger partial charge in [0, 0.05) is 12.5 Å². The van der Waals surface area contributed by atoms with Gasteiger partial charge in [-0.1, -0.05) is 0 Å². The van der Waals surface area contributed by atoms with Crippen molar-refractivity contribution < 1.29 is 0 Å². The van der Waals surface area contributed by atoms with Crippen LogP contribution in [0.15, 0.2) is 0 Å². The molecule has 0 N–H and O–H groups in total. The Labute approximate surface area is 49.3 Å². The highest BCUT2D eigenvalue weighted by atomic mass is 35.5. The normalized spacial score (nSPS) is 43.3. The van der Waals surface area contributed by atoms with Crippen molar-refractivity contribution in [3.63, 3.8) is 0 Å². The smallest absolute Gasteiger partial charge is 0.0898 e. The Morgan fingerprint density at radius 1 is 1.71 bits per heavy atom. The predicted molar refractivity (Wildman–Crippen MR) is 31.2 cm³/mol. The van der Waals surface area contributed by atoms with Gasteiger partial charge in [-0.25, -0.2) is 0 Å². The van der Waals surface area contributed by atoms with Crippen molar-refractivity contribution in [1.82, 2.24) is 4.90 Å². The summed E-state index contributed by atoms with van der Waals surface area (Å²) in [6.45, 7) is 2.12. The fourth-order valence-electron chi connectivity index (χ4n) is 0.624. The lowest BCUT2D eigenvalue weighted by Gasteiger charge is -2.39. The molecular formula is C5H9ClN. The second-order valence-electron chi connectivity index (χ2n) is 1.97. The molecule has 0 aromatic heterocycles. The molecule has 2 atom stereocenters. The lowest BCUT2D eigenvalue weighted by Crippen LogP contribution is -2.49. The molecule has 0 spiro atoms. The third-order valence-corrected chi connectivity index (χ3v) is 1.92. The van der Waals surface area contributed by atoms with Crippen LogP contribution < -0.4 is 0 Å². The quantitative estimate of drug-likeness (QED) is 0.340. The van der Waals surface area contributed by atoms with E-state index < -0.39 is 0 Å². The first-order valence-electron chi connectivity index (χ1n) is 2.43. The molecule has 0 saturated carbocycles. The second kappa shape index (κ2) is 1.64. The van der Waals surface area contributed by atoms with Crippen molar-refractivity contribution in [2.45, 2.75) is 18.5 Å². The van der Waals surface area contributed by atoms with Crippen LogP contribution in [0.4, 0.5) is 0 Å². The summed E-state index contributed by atoms with van der Waals surface area (Å²) in [4.78, 5) is 2.10. The van der Waals surface area contributed by atoms with Gasteiger partial charge >= 0.3 is 0 Å². The molecule has 7 heavy (non-hydrogen) atoms. The Morgan fingerprint density at radius 3 is 2.29 bits per heavy atom. The zero-order chi connectivity index (χ0) is 5.44. The minimum atomic E-state index is 0.190. The monoisotopic (exact) mass is 118 g/mol. The average molecular weight is 119 g/mol. The van der Waals surface area contributed by atoms with Gasteiger partial charge in [0.2, 0.25) is 0 Å². The molecule has 41 valence electrons. The summed E-state index contributed by atoms with van der Waals surface area (Å²) in [7, 11) is 2.02. The lowest BCUT2D eigenvalue weighted by atomic mass is 10.1. The maximum atomic E-state index is 5.66. The minimum absolute atomic E-state index is 0.190. The highest BCUT2D eigenvalue weighted by Gasteiger charge is 2.29. The van der Waals surface area contributed by atoms with E-state index >= 15 is 0 Å². The van der Waals surface area contributed by atoms with Crippen molar-refractivity contribution in [2.24, 2.45) is 0 Å². The highest BCUT2D eigenvalue weighted by molar-refractivity contribution is 6.21. The standard InChI is InChI=1S/C5H9ClN/c1-4-3-5(6)7(4)2/h3-5H,1-2H3. The summed E-state index contributed by atoms with van der Waals surface area (Å²) in [5.74, 6) is 0. The van der Waals surface area contributed by atoms with Crippen molar-refractivity contribution in [2.75, 3.05) is 7.05 Å². The van der Waals surface area contributed by atoms with Crippen LogP contribution in [-0.2, 0) is 0 Å². The topological polar surface area (TPSA) is 3.24 Å². The molecule has 2 heteroatoms. The Hall–Kier alpha value is 0.250. The van der Waals surface area contributed by atoms with Gasteiger partial charge in [0.05, 0.1) is 5.50 Å². The lowest BCUT2D eigenvalue weighted by molar-refractivity contribution is 0.186. The number of hydrogen-bond donors (Lipinski definition) is 0. The van der Waals surface area contributed by atoms with E-state index in [0.29, 0.717) is 6.04 Å². The van der Waals surface area contributed by atoms with Crippen LogP contribution in [0.1, 0.15) is 6.92 Å². The average Bonchev–Trinajstić information content (AvgIpc) is 1.68. The van der Waals surface area contributed by atoms with Gasteiger partial charge in [0.1, 0.15) is 0 Å². The summed E-state index contributed by atoms with van der Waals surface area (Å²) in [6, 6.07) is 0.586. The Bertz CT molecular complexity index is 66.5. The van der Waals surface area contributed by atoms with E-state index in [2.05, 4.69) is 18.2 Å². The van der Waals surface area contributed by atoms with Crippen molar-refractivity contribution in [3.8, 4) is 0 Å². The van der Waals surface area contributed by atoms with E-state index in [1.54, 1.807) is 0 Å². The van der Waals surface area contributed by atoms with E-state index in [1.807, 2.05) is 7.05 Å². The third-order valence-electron chi connectivity index (χ3n) is 1.47. The molecule has 1 aliphatic heterocycles. The molecule has 0 aromatic rings. The zero-order valence-corrected chi connectivity index (χ0v) is 5.31. The first kappa shape index (κ1) is 5.39. The Morgan fingerprint density at radius 2 is 2.29 bits per heavy atom. The number of nitrogens with zero attached hydrogens (tertiary/aromatic N) is 1. The fraction of sp³-hybridized carbons (Fsp3) is 0.800. The van der Waals surface area contributed by atoms with E-state index in [4.69, 9.17) is 11.6 Å². The van der Waals surface area contributed by atoms with Crippen LogP contribution in [-0.4, -0.2) is 23.5 Å². The largest absolute Gasteiger partial charge is 0.287 e. The van der Waals surface area contributed by atoms with Crippen LogP contribution >= 0.6 is 11.6 Å². The Kier molecular flexibility index (Phi) is 1.26. The molecular weight excluding hydrogens is 110 g/mol. The fourth-order valence-corrected chi connectivity index (χ4v) is 1.01. The zero-order valence-electron chi connectivity index (χ0n) is 4.56. The van der Waals surface area contributed by atoms with E-state index in [9.17, 15) is 0 Å². The minimum Gasteiger partial charge on any atom is -0.287 e. The SMILES string of the molecule is CC1[CH]C(Cl)N1C. The van der Waals surface area contributed by atoms with E-state index in [0.717, 1.165) is 0 Å². The molecule has 1 aliphatic rings. The number of halogens is 1. The maximum Gasteiger partial charge on any atom is 0.0898 e. The second-order valence-corrected chi connectivity index (χ2v) is 2.42. The number of likely N-dealkylation sites (tertiary alicyclic amines) is 1. The van der Waals surface area contributed by atoms with Crippen LogP contribution in [0.5, 0.6) is 0 Å². The Balaban J connectivity index is 2.29. The molecule has 1 radical (unpaired) electrons. The third kappa shape index (κ3) is 0.752. The number of hydrogen-bond acceptors (Lipinski definition) is 1. The van der Waals surface area contributed by atoms with Crippen LogP contribution in [0.25, 0.3) is 0 Å². The van der Waals surface area contributed by atoms with Crippen LogP contribution in [0.3, 0.4) is 0 Å². The molecule has 0 bridgehead atoms. The first-order chi connectivity index (χ1) is 3.22. The summed E-state index contributed by atoms with van der Waals surface area (Å²) in [6.07, 6.45) is 2.10. The summed E-state index contributed by atoms with van der Waals surface area (Å²) in [5, 5.41) is 0. The van der Waals surface area contributed by atoms with Gasteiger partial charge in [-0.15, -0.1) is 11.6 Å². The van der Waals surface area contributed by atoms with Crippen LogP contribution in [0.2, 0.25) is 0 Å². The van der Waals surface area contributed by atoms with Gasteiger partial charge in [-0.3, -0.25) is 4.90 Å². The van der Waals surface area contributed by atoms with Crippen molar-refractivity contribution in [3.05, 3.63) is 6.42 Å². The van der Waals surface area contributed by atoms with Gasteiger partial charge < -0.3 is 0 Å². The highest BCUT2D eigenvalue weighted by Crippen LogP contribution is 2.23.